The number of para-hydroxylation sites is 1. The molecule has 0 amide bonds. The molecule has 3 aromatic carbocycles. The Labute approximate surface area is 166 Å². The van der Waals surface area contributed by atoms with Crippen molar-refractivity contribution in [3.63, 3.8) is 0 Å². The molecule has 1 unspecified atom stereocenters. The molecule has 1 aliphatic rings. The van der Waals surface area contributed by atoms with E-state index >= 15 is 0 Å². The van der Waals surface area contributed by atoms with Crippen LogP contribution in [-0.4, -0.2) is 16.6 Å². The van der Waals surface area contributed by atoms with Crippen molar-refractivity contribution >= 4 is 5.97 Å². The molecule has 0 fully saturated rings. The van der Waals surface area contributed by atoms with Gasteiger partial charge in [0, 0.05) is 12.0 Å². The maximum absolute atomic E-state index is 13.7. The number of benzene rings is 3. The zero-order valence-electron chi connectivity index (χ0n) is 15.5. The molecular formula is C23H19F2NO3. The summed E-state index contributed by atoms with van der Waals surface area (Å²) in [6.45, 7) is 0. The van der Waals surface area contributed by atoms with Gasteiger partial charge in [0.05, 0.1) is 0 Å². The van der Waals surface area contributed by atoms with Crippen molar-refractivity contribution in [1.82, 2.24) is 0 Å². The first-order valence-electron chi connectivity index (χ1n) is 9.22. The molecule has 0 bridgehead atoms. The summed E-state index contributed by atoms with van der Waals surface area (Å²) in [6.07, 6.45) is 1.19. The average Bonchev–Trinajstić information content (AvgIpc) is 2.70. The normalized spacial score (nSPS) is 18.2. The fourth-order valence-corrected chi connectivity index (χ4v) is 3.63. The summed E-state index contributed by atoms with van der Waals surface area (Å²) < 4.78 is 33.0. The third-order valence-corrected chi connectivity index (χ3v) is 5.30. The van der Waals surface area contributed by atoms with Crippen LogP contribution in [0, 0.1) is 11.6 Å². The summed E-state index contributed by atoms with van der Waals surface area (Å²) in [6, 6.07) is 16.3. The second kappa shape index (κ2) is 7.29. The number of nitrogens with two attached hydrogens (primary N) is 1. The van der Waals surface area contributed by atoms with Crippen molar-refractivity contribution in [1.29, 1.82) is 0 Å². The number of rotatable bonds is 4. The Morgan fingerprint density at radius 2 is 1.79 bits per heavy atom. The van der Waals surface area contributed by atoms with E-state index in [0.717, 1.165) is 23.3 Å². The van der Waals surface area contributed by atoms with Gasteiger partial charge in [0.1, 0.15) is 17.0 Å². The van der Waals surface area contributed by atoms with Crippen LogP contribution in [0.5, 0.6) is 11.5 Å². The number of aliphatic carboxylic acids is 1. The zero-order chi connectivity index (χ0) is 20.6. The third-order valence-electron chi connectivity index (χ3n) is 5.30. The lowest BCUT2D eigenvalue weighted by molar-refractivity contribution is -0.143. The molecule has 0 saturated carbocycles. The van der Waals surface area contributed by atoms with E-state index in [4.69, 9.17) is 10.5 Å². The highest BCUT2D eigenvalue weighted by molar-refractivity contribution is 5.79. The number of aryl methyl sites for hydroxylation is 1. The van der Waals surface area contributed by atoms with E-state index in [2.05, 4.69) is 0 Å². The number of carboxylic acids is 1. The van der Waals surface area contributed by atoms with Gasteiger partial charge in [-0.1, -0.05) is 30.3 Å². The Morgan fingerprint density at radius 1 is 1.00 bits per heavy atom. The van der Waals surface area contributed by atoms with Gasteiger partial charge in [-0.05, 0) is 59.9 Å². The van der Waals surface area contributed by atoms with Gasteiger partial charge in [0.2, 0.25) is 0 Å². The molecule has 3 N–H and O–H groups in total. The van der Waals surface area contributed by atoms with E-state index in [-0.39, 0.29) is 6.42 Å². The maximum atomic E-state index is 13.7. The molecule has 3 aromatic rings. The van der Waals surface area contributed by atoms with Gasteiger partial charge in [-0.15, -0.1) is 0 Å². The quantitative estimate of drug-likeness (QED) is 0.672. The van der Waals surface area contributed by atoms with Crippen LogP contribution in [0.4, 0.5) is 8.78 Å². The van der Waals surface area contributed by atoms with Gasteiger partial charge in [-0.3, -0.25) is 4.79 Å². The van der Waals surface area contributed by atoms with Crippen LogP contribution < -0.4 is 10.5 Å². The lowest BCUT2D eigenvalue weighted by Gasteiger charge is -2.31. The lowest BCUT2D eigenvalue weighted by atomic mass is 9.78. The van der Waals surface area contributed by atoms with Crippen LogP contribution in [0.1, 0.15) is 17.5 Å². The predicted molar refractivity (Wildman–Crippen MR) is 105 cm³/mol. The summed E-state index contributed by atoms with van der Waals surface area (Å²) >= 11 is 0. The van der Waals surface area contributed by atoms with Crippen molar-refractivity contribution in [3.05, 3.63) is 83.4 Å². The minimum Gasteiger partial charge on any atom is -0.480 e. The number of halogens is 2. The van der Waals surface area contributed by atoms with Crippen molar-refractivity contribution in [3.8, 4) is 22.6 Å². The SMILES string of the molecule is NC1(C(=O)O)CCc2ccc(Oc3ccccc3-c3ccc(F)c(F)c3)cc2C1. The van der Waals surface area contributed by atoms with Crippen molar-refractivity contribution < 1.29 is 23.4 Å². The molecule has 0 aliphatic heterocycles. The Morgan fingerprint density at radius 3 is 2.55 bits per heavy atom. The van der Waals surface area contributed by atoms with Crippen LogP contribution in [-0.2, 0) is 17.6 Å². The molecule has 0 radical (unpaired) electrons. The molecule has 1 atom stereocenters. The highest BCUT2D eigenvalue weighted by Crippen LogP contribution is 2.36. The number of hydrogen-bond acceptors (Lipinski definition) is 3. The van der Waals surface area contributed by atoms with E-state index in [0.29, 0.717) is 35.5 Å². The van der Waals surface area contributed by atoms with Crippen LogP contribution >= 0.6 is 0 Å². The summed E-state index contributed by atoms with van der Waals surface area (Å²) in [5.41, 5.74) is 7.75. The second-order valence-corrected chi connectivity index (χ2v) is 7.30. The van der Waals surface area contributed by atoms with Crippen molar-refractivity contribution in [2.24, 2.45) is 5.73 Å². The molecule has 0 saturated heterocycles. The van der Waals surface area contributed by atoms with E-state index in [1.165, 1.54) is 6.07 Å². The molecule has 0 aromatic heterocycles. The standard InChI is InChI=1S/C23H19F2NO3/c24-19-8-6-15(12-20(19)25)18-3-1-2-4-21(18)29-17-7-5-14-9-10-23(26,22(27)28)13-16(14)11-17/h1-8,11-12H,9-10,13,26H2,(H,27,28). The van der Waals surface area contributed by atoms with Crippen LogP contribution in [0.25, 0.3) is 11.1 Å². The monoisotopic (exact) mass is 395 g/mol. The molecule has 0 spiro atoms. The highest BCUT2D eigenvalue weighted by atomic mass is 19.2. The van der Waals surface area contributed by atoms with E-state index in [1.807, 2.05) is 12.1 Å². The summed E-state index contributed by atoms with van der Waals surface area (Å²) in [7, 11) is 0. The second-order valence-electron chi connectivity index (χ2n) is 7.30. The first-order chi connectivity index (χ1) is 13.9. The Kier molecular flexibility index (Phi) is 4.80. The third kappa shape index (κ3) is 3.71. The topological polar surface area (TPSA) is 72.6 Å². The molecule has 0 heterocycles. The molecule has 1 aliphatic carbocycles. The van der Waals surface area contributed by atoms with E-state index in [9.17, 15) is 18.7 Å². The summed E-state index contributed by atoms with van der Waals surface area (Å²) in [5, 5.41) is 9.42. The van der Waals surface area contributed by atoms with Gasteiger partial charge in [0.25, 0.3) is 0 Å². The molecule has 4 nitrogen and oxygen atoms in total. The number of ether oxygens (including phenoxy) is 1. The van der Waals surface area contributed by atoms with Crippen molar-refractivity contribution in [2.45, 2.75) is 24.8 Å². The van der Waals surface area contributed by atoms with Gasteiger partial charge >= 0.3 is 5.97 Å². The molecule has 148 valence electrons. The molecule has 4 rings (SSSR count). The number of fused-ring (bicyclic) bond motifs is 1. The predicted octanol–water partition coefficient (Wildman–Crippen LogP) is 4.69. The smallest absolute Gasteiger partial charge is 0.324 e. The Hall–Kier alpha value is -3.25. The first-order valence-corrected chi connectivity index (χ1v) is 9.22. The fourth-order valence-electron chi connectivity index (χ4n) is 3.63. The van der Waals surface area contributed by atoms with Crippen LogP contribution in [0.2, 0.25) is 0 Å². The number of carboxylic acid groups (broad SMARTS) is 1. The van der Waals surface area contributed by atoms with Gasteiger partial charge < -0.3 is 15.6 Å². The summed E-state index contributed by atoms with van der Waals surface area (Å²) in [4.78, 5) is 11.5. The maximum Gasteiger partial charge on any atom is 0.324 e. The van der Waals surface area contributed by atoms with Crippen LogP contribution in [0.3, 0.4) is 0 Å². The first kappa shape index (κ1) is 19.1. The lowest BCUT2D eigenvalue weighted by Crippen LogP contribution is -2.52. The fraction of sp³-hybridized carbons (Fsp3) is 0.174. The zero-order valence-corrected chi connectivity index (χ0v) is 15.5. The largest absolute Gasteiger partial charge is 0.480 e. The van der Waals surface area contributed by atoms with Crippen molar-refractivity contribution in [2.75, 3.05) is 0 Å². The minimum atomic E-state index is -1.28. The molecule has 29 heavy (non-hydrogen) atoms. The number of hydrogen-bond donors (Lipinski definition) is 2. The average molecular weight is 395 g/mol. The Balaban J connectivity index is 1.66. The summed E-state index contributed by atoms with van der Waals surface area (Å²) in [5.74, 6) is -1.86. The number of carbonyl (C=O) groups is 1. The highest BCUT2D eigenvalue weighted by Gasteiger charge is 2.37. The molecular weight excluding hydrogens is 376 g/mol. The van der Waals surface area contributed by atoms with Gasteiger partial charge in [-0.25, -0.2) is 8.78 Å². The molecule has 6 heteroatoms. The minimum absolute atomic E-state index is 0.222. The van der Waals surface area contributed by atoms with Gasteiger partial charge in [-0.2, -0.15) is 0 Å². The van der Waals surface area contributed by atoms with E-state index < -0.39 is 23.1 Å². The van der Waals surface area contributed by atoms with E-state index in [1.54, 1.807) is 30.3 Å². The van der Waals surface area contributed by atoms with Crippen LogP contribution in [0.15, 0.2) is 60.7 Å². The Bertz CT molecular complexity index is 1100. The van der Waals surface area contributed by atoms with Gasteiger partial charge in [0.15, 0.2) is 11.6 Å².